The van der Waals surface area contributed by atoms with Crippen LogP contribution in [0.4, 0.5) is 0 Å². The molecule has 2 N–H and O–H groups in total. The zero-order valence-corrected chi connectivity index (χ0v) is 17.3. The van der Waals surface area contributed by atoms with E-state index in [1.165, 1.54) is 0 Å². The van der Waals surface area contributed by atoms with E-state index in [2.05, 4.69) is 10.6 Å². The van der Waals surface area contributed by atoms with E-state index in [9.17, 15) is 9.59 Å². The quantitative estimate of drug-likeness (QED) is 0.690. The molecular weight excluding hydrogens is 392 g/mol. The van der Waals surface area contributed by atoms with Gasteiger partial charge in [0.2, 0.25) is 5.91 Å². The number of hydrogen-bond acceptors (Lipinski definition) is 4. The van der Waals surface area contributed by atoms with Crippen LogP contribution in [0.5, 0.6) is 11.5 Å². The summed E-state index contributed by atoms with van der Waals surface area (Å²) in [6.07, 6.45) is 1.19. The topological polar surface area (TPSA) is 76.7 Å². The van der Waals surface area contributed by atoms with Gasteiger partial charge in [-0.1, -0.05) is 11.6 Å². The second-order valence-corrected chi connectivity index (χ2v) is 7.36. The first-order valence-corrected chi connectivity index (χ1v) is 10.1. The Morgan fingerprint density at radius 1 is 1.21 bits per heavy atom. The van der Waals surface area contributed by atoms with Crippen molar-refractivity contribution in [3.8, 4) is 11.5 Å². The van der Waals surface area contributed by atoms with Gasteiger partial charge >= 0.3 is 0 Å². The van der Waals surface area contributed by atoms with Gasteiger partial charge in [0, 0.05) is 47.6 Å². The molecule has 6 nitrogen and oxygen atoms in total. The molecule has 0 saturated heterocycles. The molecule has 0 aromatic heterocycles. The van der Waals surface area contributed by atoms with Crippen molar-refractivity contribution in [2.24, 2.45) is 0 Å². The molecule has 0 unspecified atom stereocenters. The summed E-state index contributed by atoms with van der Waals surface area (Å²) in [4.78, 5) is 24.2. The van der Waals surface area contributed by atoms with Crippen molar-refractivity contribution >= 4 is 23.4 Å². The van der Waals surface area contributed by atoms with E-state index in [-0.39, 0.29) is 30.9 Å². The second-order valence-electron chi connectivity index (χ2n) is 6.92. The predicted octanol–water partition coefficient (Wildman–Crippen LogP) is 3.50. The molecule has 2 aromatic carbocycles. The third-order valence-corrected chi connectivity index (χ3v) is 4.85. The van der Waals surface area contributed by atoms with E-state index in [0.717, 1.165) is 29.0 Å². The molecule has 0 saturated carbocycles. The van der Waals surface area contributed by atoms with E-state index in [1.807, 2.05) is 26.0 Å². The molecule has 3 rings (SSSR count). The van der Waals surface area contributed by atoms with Crippen molar-refractivity contribution < 1.29 is 19.1 Å². The number of hydrogen-bond donors (Lipinski definition) is 2. The van der Waals surface area contributed by atoms with Crippen molar-refractivity contribution in [1.82, 2.24) is 10.6 Å². The maximum Gasteiger partial charge on any atom is 0.251 e. The smallest absolute Gasteiger partial charge is 0.251 e. The molecule has 7 heteroatoms. The van der Waals surface area contributed by atoms with Gasteiger partial charge < -0.3 is 20.1 Å². The Labute approximate surface area is 175 Å². The van der Waals surface area contributed by atoms with Gasteiger partial charge in [0.25, 0.3) is 5.91 Å². The minimum atomic E-state index is -0.238. The summed E-state index contributed by atoms with van der Waals surface area (Å²) < 4.78 is 11.5. The van der Waals surface area contributed by atoms with Gasteiger partial charge in [-0.2, -0.15) is 0 Å². The van der Waals surface area contributed by atoms with E-state index in [1.54, 1.807) is 24.3 Å². The average molecular weight is 417 g/mol. The molecule has 0 aliphatic carbocycles. The monoisotopic (exact) mass is 416 g/mol. The molecule has 1 aliphatic rings. The van der Waals surface area contributed by atoms with E-state index in [4.69, 9.17) is 21.1 Å². The lowest BCUT2D eigenvalue weighted by Gasteiger charge is -2.13. The lowest BCUT2D eigenvalue weighted by molar-refractivity contribution is -0.121. The fourth-order valence-corrected chi connectivity index (χ4v) is 3.31. The highest BCUT2D eigenvalue weighted by atomic mass is 35.5. The standard InChI is InChI=1S/C22H25ClN2O4/c1-3-28-19-11-16-10-14(2)29-20(16)12-17(19)13-25-21(26)8-9-24-22(27)15-4-6-18(23)7-5-15/h4-7,11-12,14H,3,8-10,13H2,1-2H3,(H,24,27)(H,25,26)/t14-/m1/s1. The second kappa shape index (κ2) is 9.65. The van der Waals surface area contributed by atoms with E-state index in [0.29, 0.717) is 23.7 Å². The molecule has 2 amide bonds. The zero-order valence-electron chi connectivity index (χ0n) is 16.6. The first-order valence-electron chi connectivity index (χ1n) is 9.72. The first-order chi connectivity index (χ1) is 14.0. The highest BCUT2D eigenvalue weighted by Crippen LogP contribution is 2.35. The Kier molecular flexibility index (Phi) is 6.99. The Hall–Kier alpha value is -2.73. The van der Waals surface area contributed by atoms with Crippen LogP contribution in [0.2, 0.25) is 5.02 Å². The fraction of sp³-hybridized carbons (Fsp3) is 0.364. The summed E-state index contributed by atoms with van der Waals surface area (Å²) in [5.41, 5.74) is 2.50. The Bertz CT molecular complexity index is 883. The summed E-state index contributed by atoms with van der Waals surface area (Å²) in [5.74, 6) is 1.22. The molecule has 1 aliphatic heterocycles. The Balaban J connectivity index is 1.49. The summed E-state index contributed by atoms with van der Waals surface area (Å²) in [6, 6.07) is 10.5. The molecule has 0 bridgehead atoms. The number of ether oxygens (including phenoxy) is 2. The van der Waals surface area contributed by atoms with Crippen molar-refractivity contribution in [2.45, 2.75) is 39.3 Å². The summed E-state index contributed by atoms with van der Waals surface area (Å²) >= 11 is 5.82. The number of amides is 2. The third-order valence-electron chi connectivity index (χ3n) is 4.60. The molecule has 0 spiro atoms. The maximum absolute atomic E-state index is 12.2. The van der Waals surface area contributed by atoms with Crippen LogP contribution < -0.4 is 20.1 Å². The number of fused-ring (bicyclic) bond motifs is 1. The van der Waals surface area contributed by atoms with Gasteiger partial charge in [-0.05, 0) is 50.2 Å². The van der Waals surface area contributed by atoms with Crippen LogP contribution in [0, 0.1) is 0 Å². The average Bonchev–Trinajstić information content (AvgIpc) is 3.05. The minimum Gasteiger partial charge on any atom is -0.494 e. The molecule has 154 valence electrons. The first kappa shape index (κ1) is 21.0. The fourth-order valence-electron chi connectivity index (χ4n) is 3.18. The van der Waals surface area contributed by atoms with Gasteiger partial charge in [-0.25, -0.2) is 0 Å². The summed E-state index contributed by atoms with van der Waals surface area (Å²) in [5, 5.41) is 6.18. The van der Waals surface area contributed by atoms with Crippen LogP contribution in [0.1, 0.15) is 41.8 Å². The number of rotatable bonds is 8. The molecule has 0 fully saturated rings. The predicted molar refractivity (Wildman–Crippen MR) is 112 cm³/mol. The van der Waals surface area contributed by atoms with Crippen LogP contribution in [0.3, 0.4) is 0 Å². The van der Waals surface area contributed by atoms with Gasteiger partial charge in [-0.3, -0.25) is 9.59 Å². The van der Waals surface area contributed by atoms with Crippen molar-refractivity contribution in [3.05, 3.63) is 58.1 Å². The molecule has 1 atom stereocenters. The molecule has 29 heavy (non-hydrogen) atoms. The van der Waals surface area contributed by atoms with Crippen molar-refractivity contribution in [3.63, 3.8) is 0 Å². The van der Waals surface area contributed by atoms with Crippen LogP contribution in [-0.4, -0.2) is 31.1 Å². The normalized spacial score (nSPS) is 14.7. The highest BCUT2D eigenvalue weighted by Gasteiger charge is 2.22. The van der Waals surface area contributed by atoms with Crippen molar-refractivity contribution in [2.75, 3.05) is 13.2 Å². The highest BCUT2D eigenvalue weighted by molar-refractivity contribution is 6.30. The van der Waals surface area contributed by atoms with Crippen LogP contribution in [0.15, 0.2) is 36.4 Å². The molecular formula is C22H25ClN2O4. The van der Waals surface area contributed by atoms with Gasteiger partial charge in [0.05, 0.1) is 6.61 Å². The lowest BCUT2D eigenvalue weighted by atomic mass is 10.1. The zero-order chi connectivity index (χ0) is 20.8. The Morgan fingerprint density at radius 3 is 2.69 bits per heavy atom. The van der Waals surface area contributed by atoms with E-state index < -0.39 is 0 Å². The largest absolute Gasteiger partial charge is 0.494 e. The number of halogens is 1. The molecule has 2 aromatic rings. The van der Waals surface area contributed by atoms with Gasteiger partial charge in [0.15, 0.2) is 0 Å². The lowest BCUT2D eigenvalue weighted by Crippen LogP contribution is -2.30. The van der Waals surface area contributed by atoms with Crippen LogP contribution >= 0.6 is 11.6 Å². The van der Waals surface area contributed by atoms with Gasteiger partial charge in [-0.15, -0.1) is 0 Å². The van der Waals surface area contributed by atoms with Crippen LogP contribution in [0.25, 0.3) is 0 Å². The number of carbonyl (C=O) groups is 2. The molecule has 0 radical (unpaired) electrons. The minimum absolute atomic E-state index is 0.147. The van der Waals surface area contributed by atoms with Crippen LogP contribution in [-0.2, 0) is 17.8 Å². The number of carbonyl (C=O) groups excluding carboxylic acids is 2. The third kappa shape index (κ3) is 5.64. The summed E-state index contributed by atoms with van der Waals surface area (Å²) in [6.45, 7) is 5.09. The van der Waals surface area contributed by atoms with Gasteiger partial charge in [0.1, 0.15) is 17.6 Å². The van der Waals surface area contributed by atoms with Crippen molar-refractivity contribution in [1.29, 1.82) is 0 Å². The molecule has 1 heterocycles. The number of benzene rings is 2. The Morgan fingerprint density at radius 2 is 1.97 bits per heavy atom. The number of nitrogens with one attached hydrogen (secondary N) is 2. The van der Waals surface area contributed by atoms with E-state index >= 15 is 0 Å². The maximum atomic E-state index is 12.2. The SMILES string of the molecule is CCOc1cc2c(cc1CNC(=O)CCNC(=O)c1ccc(Cl)cc1)O[C@H](C)C2. The summed E-state index contributed by atoms with van der Waals surface area (Å²) in [7, 11) is 0.